The third-order valence-corrected chi connectivity index (χ3v) is 4.49. The van der Waals surface area contributed by atoms with Crippen molar-refractivity contribution < 1.29 is 14.7 Å². The van der Waals surface area contributed by atoms with Gasteiger partial charge in [0, 0.05) is 32.1 Å². The molecule has 2 N–H and O–H groups in total. The lowest BCUT2D eigenvalue weighted by atomic mass is 9.85. The minimum atomic E-state index is -0.884. The van der Waals surface area contributed by atoms with Gasteiger partial charge in [0.1, 0.15) is 0 Å². The third-order valence-electron chi connectivity index (χ3n) is 4.49. The van der Waals surface area contributed by atoms with E-state index in [0.29, 0.717) is 23.9 Å². The Bertz CT molecular complexity index is 558. The Morgan fingerprint density at radius 1 is 1.38 bits per heavy atom. The largest absolute Gasteiger partial charge is 0.478 e. The fraction of sp³-hybridized carbons (Fsp3) is 0.500. The van der Waals surface area contributed by atoms with E-state index in [9.17, 15) is 9.59 Å². The van der Waals surface area contributed by atoms with Crippen molar-refractivity contribution >= 4 is 11.9 Å². The molecule has 2 saturated heterocycles. The number of carboxylic acids is 1. The van der Waals surface area contributed by atoms with Gasteiger partial charge >= 0.3 is 5.97 Å². The van der Waals surface area contributed by atoms with Crippen molar-refractivity contribution in [3.63, 3.8) is 0 Å². The summed E-state index contributed by atoms with van der Waals surface area (Å²) >= 11 is 0. The molecule has 0 saturated carbocycles. The molecular weight excluding hydrogens is 268 g/mol. The zero-order valence-corrected chi connectivity index (χ0v) is 11.9. The maximum Gasteiger partial charge on any atom is 0.335 e. The Morgan fingerprint density at radius 2 is 2.24 bits per heavy atom. The van der Waals surface area contributed by atoms with Crippen LogP contribution in [0.2, 0.25) is 0 Å². The number of carbonyl (C=O) groups is 2. The quantitative estimate of drug-likeness (QED) is 0.884. The zero-order valence-electron chi connectivity index (χ0n) is 11.9. The molecule has 1 amide bonds. The van der Waals surface area contributed by atoms with Gasteiger partial charge in [0.05, 0.1) is 5.56 Å². The normalized spacial score (nSPS) is 26.0. The summed E-state index contributed by atoms with van der Waals surface area (Å²) in [6, 6.07) is 7.46. The number of nitrogens with zero attached hydrogens (tertiary/aromatic N) is 1. The van der Waals surface area contributed by atoms with E-state index in [1.165, 1.54) is 0 Å². The van der Waals surface area contributed by atoms with E-state index in [-0.39, 0.29) is 5.91 Å². The van der Waals surface area contributed by atoms with Gasteiger partial charge in [0.2, 0.25) is 5.91 Å². The summed E-state index contributed by atoms with van der Waals surface area (Å²) in [5, 5.41) is 12.1. The summed E-state index contributed by atoms with van der Waals surface area (Å²) in [7, 11) is 0. The average molecular weight is 288 g/mol. The number of hydrogen-bond acceptors (Lipinski definition) is 3. The van der Waals surface area contributed by atoms with E-state index in [1.807, 2.05) is 6.07 Å². The first-order chi connectivity index (χ1) is 10.1. The van der Waals surface area contributed by atoms with Gasteiger partial charge in [-0.3, -0.25) is 9.69 Å². The molecule has 0 aliphatic carbocycles. The van der Waals surface area contributed by atoms with E-state index in [1.54, 1.807) is 18.2 Å². The second-order valence-electron chi connectivity index (χ2n) is 6.00. The number of benzene rings is 1. The topological polar surface area (TPSA) is 69.6 Å². The molecule has 0 spiro atoms. The summed E-state index contributed by atoms with van der Waals surface area (Å²) in [5.41, 5.74) is 1.38. The van der Waals surface area contributed by atoms with E-state index < -0.39 is 5.97 Å². The van der Waals surface area contributed by atoms with Gasteiger partial charge in [-0.15, -0.1) is 0 Å². The molecule has 2 aliphatic rings. The SMILES string of the molecule is O=C1CCC2CN(Cc3cccc(C(=O)O)c3)CCC2N1. The lowest BCUT2D eigenvalue weighted by molar-refractivity contribution is -0.125. The van der Waals surface area contributed by atoms with Crippen LogP contribution in [-0.2, 0) is 11.3 Å². The van der Waals surface area contributed by atoms with Crippen LogP contribution in [0.25, 0.3) is 0 Å². The second kappa shape index (κ2) is 5.85. The number of hydrogen-bond donors (Lipinski definition) is 2. The van der Waals surface area contributed by atoms with E-state index in [2.05, 4.69) is 10.2 Å². The summed E-state index contributed by atoms with van der Waals surface area (Å²) < 4.78 is 0. The van der Waals surface area contributed by atoms with Crippen LogP contribution in [-0.4, -0.2) is 41.0 Å². The van der Waals surface area contributed by atoms with Gasteiger partial charge in [0.25, 0.3) is 0 Å². The van der Waals surface area contributed by atoms with E-state index in [4.69, 9.17) is 5.11 Å². The number of rotatable bonds is 3. The van der Waals surface area contributed by atoms with Crippen LogP contribution in [0.5, 0.6) is 0 Å². The minimum absolute atomic E-state index is 0.179. The molecule has 1 aromatic rings. The monoisotopic (exact) mass is 288 g/mol. The number of likely N-dealkylation sites (tertiary alicyclic amines) is 1. The summed E-state index contributed by atoms with van der Waals surface area (Å²) in [4.78, 5) is 24.8. The fourth-order valence-electron chi connectivity index (χ4n) is 3.39. The number of carboxylic acid groups (broad SMARTS) is 1. The van der Waals surface area contributed by atoms with Crippen molar-refractivity contribution in [1.29, 1.82) is 0 Å². The van der Waals surface area contributed by atoms with Crippen LogP contribution < -0.4 is 5.32 Å². The van der Waals surface area contributed by atoms with Crippen LogP contribution in [0, 0.1) is 5.92 Å². The van der Waals surface area contributed by atoms with E-state index in [0.717, 1.165) is 38.0 Å². The molecule has 21 heavy (non-hydrogen) atoms. The highest BCUT2D eigenvalue weighted by molar-refractivity contribution is 5.87. The van der Waals surface area contributed by atoms with E-state index >= 15 is 0 Å². The molecule has 0 aromatic heterocycles. The van der Waals surface area contributed by atoms with Crippen LogP contribution in [0.15, 0.2) is 24.3 Å². The molecular formula is C16H20N2O3. The van der Waals surface area contributed by atoms with Gasteiger partial charge in [-0.1, -0.05) is 12.1 Å². The fourth-order valence-corrected chi connectivity index (χ4v) is 3.39. The number of amides is 1. The molecule has 3 rings (SSSR count). The summed E-state index contributed by atoms with van der Waals surface area (Å²) in [6.07, 6.45) is 2.57. The van der Waals surface area contributed by atoms with Gasteiger partial charge in [-0.2, -0.15) is 0 Å². The van der Waals surface area contributed by atoms with Crippen molar-refractivity contribution in [2.75, 3.05) is 13.1 Å². The molecule has 2 fully saturated rings. The molecule has 5 heteroatoms. The third kappa shape index (κ3) is 3.24. The highest BCUT2D eigenvalue weighted by Crippen LogP contribution is 2.26. The number of nitrogens with one attached hydrogen (secondary N) is 1. The van der Waals surface area contributed by atoms with Crippen molar-refractivity contribution in [3.05, 3.63) is 35.4 Å². The number of fused-ring (bicyclic) bond motifs is 1. The van der Waals surface area contributed by atoms with Gasteiger partial charge in [-0.25, -0.2) is 4.79 Å². The minimum Gasteiger partial charge on any atom is -0.478 e. The predicted octanol–water partition coefficient (Wildman–Crippen LogP) is 1.49. The second-order valence-corrected chi connectivity index (χ2v) is 6.00. The smallest absolute Gasteiger partial charge is 0.335 e. The van der Waals surface area contributed by atoms with Gasteiger partial charge in [-0.05, 0) is 36.5 Å². The first kappa shape index (κ1) is 14.1. The van der Waals surface area contributed by atoms with Crippen molar-refractivity contribution in [3.8, 4) is 0 Å². The lowest BCUT2D eigenvalue weighted by Crippen LogP contribution is -2.53. The molecule has 2 atom stereocenters. The maximum absolute atomic E-state index is 11.4. The molecule has 0 radical (unpaired) electrons. The highest BCUT2D eigenvalue weighted by atomic mass is 16.4. The zero-order chi connectivity index (χ0) is 14.8. The Morgan fingerprint density at radius 3 is 3.05 bits per heavy atom. The number of piperidine rings is 2. The van der Waals surface area contributed by atoms with Crippen molar-refractivity contribution in [1.82, 2.24) is 10.2 Å². The molecule has 2 unspecified atom stereocenters. The predicted molar refractivity (Wildman–Crippen MR) is 78.0 cm³/mol. The van der Waals surface area contributed by atoms with Crippen LogP contribution in [0.3, 0.4) is 0 Å². The molecule has 0 bridgehead atoms. The molecule has 2 heterocycles. The Labute approximate surface area is 123 Å². The summed E-state index contributed by atoms with van der Waals surface area (Å²) in [5.74, 6) is -0.177. The van der Waals surface area contributed by atoms with Crippen LogP contribution in [0.1, 0.15) is 35.2 Å². The number of carbonyl (C=O) groups excluding carboxylic acids is 1. The van der Waals surface area contributed by atoms with Gasteiger partial charge in [0.15, 0.2) is 0 Å². The van der Waals surface area contributed by atoms with Crippen molar-refractivity contribution in [2.45, 2.75) is 31.8 Å². The first-order valence-electron chi connectivity index (χ1n) is 7.46. The number of aromatic carboxylic acids is 1. The van der Waals surface area contributed by atoms with Crippen LogP contribution in [0.4, 0.5) is 0 Å². The Hall–Kier alpha value is -1.88. The standard InChI is InChI=1S/C16H20N2O3/c19-15-5-4-13-10-18(7-6-14(13)17-15)9-11-2-1-3-12(8-11)16(20)21/h1-3,8,13-14H,4-7,9-10H2,(H,17,19)(H,20,21). The Balaban J connectivity index is 1.63. The molecule has 5 nitrogen and oxygen atoms in total. The Kier molecular flexibility index (Phi) is 3.92. The highest BCUT2D eigenvalue weighted by Gasteiger charge is 2.33. The lowest BCUT2D eigenvalue weighted by Gasteiger charge is -2.41. The molecule has 1 aromatic carbocycles. The molecule has 2 aliphatic heterocycles. The summed E-state index contributed by atoms with van der Waals surface area (Å²) in [6.45, 7) is 2.69. The molecule has 112 valence electrons. The van der Waals surface area contributed by atoms with Gasteiger partial charge < -0.3 is 10.4 Å². The first-order valence-corrected chi connectivity index (χ1v) is 7.46. The van der Waals surface area contributed by atoms with Crippen molar-refractivity contribution in [2.24, 2.45) is 5.92 Å². The van der Waals surface area contributed by atoms with Crippen LogP contribution >= 0.6 is 0 Å². The average Bonchev–Trinajstić information content (AvgIpc) is 2.48. The maximum atomic E-state index is 11.4.